The molecule has 2 rings (SSSR count). The van der Waals surface area contributed by atoms with Gasteiger partial charge in [0.25, 0.3) is 0 Å². The van der Waals surface area contributed by atoms with Crippen molar-refractivity contribution in [3.8, 4) is 0 Å². The lowest BCUT2D eigenvalue weighted by atomic mass is 9.87. The Labute approximate surface area is 87.0 Å². The molecule has 0 radical (unpaired) electrons. The summed E-state index contributed by atoms with van der Waals surface area (Å²) in [6.45, 7) is 5.33. The van der Waals surface area contributed by atoms with Crippen LogP contribution in [-0.2, 0) is 9.47 Å². The number of ether oxygens (including phenoxy) is 2. The third-order valence-corrected chi connectivity index (χ3v) is 3.76. The van der Waals surface area contributed by atoms with Crippen LogP contribution >= 0.6 is 0 Å². The van der Waals surface area contributed by atoms with E-state index in [2.05, 4.69) is 13.8 Å². The number of rotatable bonds is 1. The molecule has 0 aliphatic carbocycles. The first-order valence-corrected chi connectivity index (χ1v) is 6.02. The zero-order valence-electron chi connectivity index (χ0n) is 9.47. The van der Waals surface area contributed by atoms with Crippen molar-refractivity contribution in [1.82, 2.24) is 0 Å². The summed E-state index contributed by atoms with van der Waals surface area (Å²) in [5.41, 5.74) is 0.0651. The molecule has 82 valence electrons. The van der Waals surface area contributed by atoms with Gasteiger partial charge in [-0.3, -0.25) is 0 Å². The predicted molar refractivity (Wildman–Crippen MR) is 56.2 cm³/mol. The van der Waals surface area contributed by atoms with Gasteiger partial charge >= 0.3 is 0 Å². The van der Waals surface area contributed by atoms with E-state index in [9.17, 15) is 0 Å². The first kappa shape index (κ1) is 10.4. The maximum Gasteiger partial charge on any atom is 0.169 e. The van der Waals surface area contributed by atoms with Gasteiger partial charge in [0, 0.05) is 12.8 Å². The second kappa shape index (κ2) is 3.82. The molecule has 2 aliphatic rings. The molecular formula is C12H22O2. The molecule has 0 N–H and O–H groups in total. The first-order valence-electron chi connectivity index (χ1n) is 6.02. The quantitative estimate of drug-likeness (QED) is 0.644. The molecule has 2 atom stereocenters. The molecule has 0 aromatic rings. The second-order valence-corrected chi connectivity index (χ2v) is 4.98. The highest BCUT2D eigenvalue weighted by Gasteiger charge is 2.43. The average Bonchev–Trinajstić information content (AvgIpc) is 2.19. The monoisotopic (exact) mass is 198 g/mol. The van der Waals surface area contributed by atoms with Crippen molar-refractivity contribution in [3.63, 3.8) is 0 Å². The minimum Gasteiger partial charge on any atom is -0.350 e. The van der Waals surface area contributed by atoms with Crippen LogP contribution in [-0.4, -0.2) is 18.0 Å². The van der Waals surface area contributed by atoms with E-state index in [4.69, 9.17) is 9.47 Å². The average molecular weight is 198 g/mol. The molecule has 2 saturated heterocycles. The lowest BCUT2D eigenvalue weighted by Gasteiger charge is -2.48. The van der Waals surface area contributed by atoms with Gasteiger partial charge in [-0.2, -0.15) is 0 Å². The largest absolute Gasteiger partial charge is 0.350 e. The van der Waals surface area contributed by atoms with Crippen LogP contribution in [0, 0.1) is 0 Å². The fourth-order valence-electron chi connectivity index (χ4n) is 2.64. The van der Waals surface area contributed by atoms with Crippen molar-refractivity contribution >= 4 is 0 Å². The SMILES string of the molecule is CCC1(C)CCCC2(CCCCO2)O1. The Hall–Kier alpha value is -0.0800. The van der Waals surface area contributed by atoms with Crippen LogP contribution < -0.4 is 0 Å². The van der Waals surface area contributed by atoms with Gasteiger partial charge in [0.1, 0.15) is 0 Å². The van der Waals surface area contributed by atoms with Crippen molar-refractivity contribution in [2.24, 2.45) is 0 Å². The fourth-order valence-corrected chi connectivity index (χ4v) is 2.64. The summed E-state index contributed by atoms with van der Waals surface area (Å²) in [7, 11) is 0. The fraction of sp³-hybridized carbons (Fsp3) is 1.00. The summed E-state index contributed by atoms with van der Waals surface area (Å²) in [6, 6.07) is 0. The van der Waals surface area contributed by atoms with E-state index in [1.807, 2.05) is 0 Å². The predicted octanol–water partition coefficient (Wildman–Crippen LogP) is 3.25. The molecule has 14 heavy (non-hydrogen) atoms. The first-order chi connectivity index (χ1) is 6.68. The minimum absolute atomic E-state index is 0.0651. The Kier molecular flexibility index (Phi) is 2.85. The molecule has 0 bridgehead atoms. The van der Waals surface area contributed by atoms with Gasteiger partial charge in [-0.1, -0.05) is 6.92 Å². The smallest absolute Gasteiger partial charge is 0.169 e. The maximum atomic E-state index is 6.23. The van der Waals surface area contributed by atoms with Crippen molar-refractivity contribution in [1.29, 1.82) is 0 Å². The topological polar surface area (TPSA) is 18.5 Å². The summed E-state index contributed by atoms with van der Waals surface area (Å²) in [4.78, 5) is 0. The zero-order valence-corrected chi connectivity index (χ0v) is 9.47. The van der Waals surface area contributed by atoms with E-state index in [0.717, 1.165) is 25.9 Å². The standard InChI is InChI=1S/C12H22O2/c1-3-11(2)7-6-9-12(14-11)8-4-5-10-13-12/h3-10H2,1-2H3. The van der Waals surface area contributed by atoms with Gasteiger partial charge < -0.3 is 9.47 Å². The number of hydrogen-bond acceptors (Lipinski definition) is 2. The van der Waals surface area contributed by atoms with Gasteiger partial charge in [-0.05, 0) is 39.0 Å². The minimum atomic E-state index is -0.207. The number of hydrogen-bond donors (Lipinski definition) is 0. The van der Waals surface area contributed by atoms with Crippen LogP contribution in [0.1, 0.15) is 58.8 Å². The van der Waals surface area contributed by atoms with E-state index in [1.165, 1.54) is 25.7 Å². The van der Waals surface area contributed by atoms with Crippen molar-refractivity contribution in [3.05, 3.63) is 0 Å². The third-order valence-electron chi connectivity index (χ3n) is 3.76. The maximum absolute atomic E-state index is 6.23. The van der Waals surface area contributed by atoms with E-state index < -0.39 is 0 Å². The molecule has 0 aromatic carbocycles. The van der Waals surface area contributed by atoms with Crippen molar-refractivity contribution in [2.45, 2.75) is 70.2 Å². The van der Waals surface area contributed by atoms with Crippen LogP contribution in [0.4, 0.5) is 0 Å². The molecule has 2 nitrogen and oxygen atoms in total. The van der Waals surface area contributed by atoms with Crippen molar-refractivity contribution in [2.75, 3.05) is 6.61 Å². The molecule has 2 heterocycles. The molecule has 2 unspecified atom stereocenters. The normalized spacial score (nSPS) is 44.1. The van der Waals surface area contributed by atoms with Crippen LogP contribution in [0.15, 0.2) is 0 Å². The Bertz CT molecular complexity index is 191. The summed E-state index contributed by atoms with van der Waals surface area (Å²) >= 11 is 0. The molecule has 0 amide bonds. The zero-order chi connectivity index (χ0) is 10.1. The van der Waals surface area contributed by atoms with Gasteiger partial charge in [-0.15, -0.1) is 0 Å². The Balaban J connectivity index is 2.04. The summed E-state index contributed by atoms with van der Waals surface area (Å²) < 4.78 is 12.1. The van der Waals surface area contributed by atoms with E-state index in [1.54, 1.807) is 0 Å². The van der Waals surface area contributed by atoms with Crippen LogP contribution in [0.5, 0.6) is 0 Å². The molecule has 1 spiro atoms. The van der Waals surface area contributed by atoms with Crippen LogP contribution in [0.2, 0.25) is 0 Å². The Morgan fingerprint density at radius 1 is 1.07 bits per heavy atom. The highest BCUT2D eigenvalue weighted by Crippen LogP contribution is 2.42. The van der Waals surface area contributed by atoms with Crippen LogP contribution in [0.3, 0.4) is 0 Å². The third kappa shape index (κ3) is 1.96. The highest BCUT2D eigenvalue weighted by atomic mass is 16.7. The summed E-state index contributed by atoms with van der Waals surface area (Å²) in [5.74, 6) is -0.207. The molecule has 2 fully saturated rings. The highest BCUT2D eigenvalue weighted by molar-refractivity contribution is 4.87. The lowest BCUT2D eigenvalue weighted by molar-refractivity contribution is -0.321. The summed E-state index contributed by atoms with van der Waals surface area (Å²) in [5, 5.41) is 0. The summed E-state index contributed by atoms with van der Waals surface area (Å²) in [6.07, 6.45) is 8.20. The molecule has 0 saturated carbocycles. The van der Waals surface area contributed by atoms with E-state index in [-0.39, 0.29) is 11.4 Å². The Morgan fingerprint density at radius 3 is 2.50 bits per heavy atom. The molecule has 2 aliphatic heterocycles. The van der Waals surface area contributed by atoms with Crippen LogP contribution in [0.25, 0.3) is 0 Å². The van der Waals surface area contributed by atoms with Gasteiger partial charge in [0.05, 0.1) is 12.2 Å². The molecule has 2 heteroatoms. The second-order valence-electron chi connectivity index (χ2n) is 4.98. The lowest BCUT2D eigenvalue weighted by Crippen LogP contribution is -2.50. The van der Waals surface area contributed by atoms with Crippen molar-refractivity contribution < 1.29 is 9.47 Å². The van der Waals surface area contributed by atoms with E-state index in [0.29, 0.717) is 0 Å². The van der Waals surface area contributed by atoms with E-state index >= 15 is 0 Å². The van der Waals surface area contributed by atoms with Gasteiger partial charge in [0.2, 0.25) is 0 Å². The van der Waals surface area contributed by atoms with Gasteiger partial charge in [0.15, 0.2) is 5.79 Å². The molecule has 0 aromatic heterocycles. The Morgan fingerprint density at radius 2 is 1.86 bits per heavy atom. The molecular weight excluding hydrogens is 176 g/mol. The van der Waals surface area contributed by atoms with Gasteiger partial charge in [-0.25, -0.2) is 0 Å².